The maximum atomic E-state index is 12.7. The zero-order valence-corrected chi connectivity index (χ0v) is 74.5. The van der Waals surface area contributed by atoms with Crippen LogP contribution in [0.2, 0.25) is 0 Å². The molecule has 0 bridgehead atoms. The van der Waals surface area contributed by atoms with Crippen LogP contribution in [0.5, 0.6) is 0 Å². The molecule has 0 radical (unpaired) electrons. The van der Waals surface area contributed by atoms with Crippen LogP contribution in [0.3, 0.4) is 0 Å². The van der Waals surface area contributed by atoms with Crippen molar-refractivity contribution in [3.8, 4) is 0 Å². The third kappa shape index (κ3) is 30.5. The van der Waals surface area contributed by atoms with Crippen molar-refractivity contribution in [2.75, 3.05) is 46.7 Å². The van der Waals surface area contributed by atoms with Gasteiger partial charge in [-0.05, 0) is 230 Å². The molecule has 6 spiro atoms. The molecule has 9 heterocycles. The van der Waals surface area contributed by atoms with Gasteiger partial charge in [0.25, 0.3) is 0 Å². The number of unbranched alkanes of at least 4 members (excludes halogenated alkanes) is 1. The number of allylic oxidation sites excluding steroid dienone is 2. The molecular formula is C88H147Cl2N15O11S. The van der Waals surface area contributed by atoms with Gasteiger partial charge in [-0.25, -0.2) is 21.7 Å². The largest absolute Gasteiger partial charge is 0.460 e. The van der Waals surface area contributed by atoms with Gasteiger partial charge in [0.15, 0.2) is 0 Å². The van der Waals surface area contributed by atoms with Gasteiger partial charge in [0.1, 0.15) is 17.0 Å². The summed E-state index contributed by atoms with van der Waals surface area (Å²) in [6.07, 6.45) is 62.1. The molecule has 4 unspecified atom stereocenters. The maximum absolute atomic E-state index is 12.7. The van der Waals surface area contributed by atoms with E-state index in [0.717, 1.165) is 129 Å². The lowest BCUT2D eigenvalue weighted by atomic mass is 9.70. The minimum absolute atomic E-state index is 0. The summed E-state index contributed by atoms with van der Waals surface area (Å²) in [7, 11) is 1.91. The summed E-state index contributed by atoms with van der Waals surface area (Å²) in [5.41, 5.74) is 21.6. The molecular weight excluding hydrogens is 1550 g/mol. The molecule has 1 amide bonds. The third-order valence-electron chi connectivity index (χ3n) is 25.8. The van der Waals surface area contributed by atoms with Crippen LogP contribution in [0.15, 0.2) is 112 Å². The molecule has 0 aromatic carbocycles. The SMILES string of the molecule is C=CCC1(C(=O)OC(C)(C)C)CCOC2(CCCC2)C1.C=CCC1(NN)CCOC2(CCCC2)C1.C=CCC1(n2cccn2)CCOC2(CCCC2)C1.CC(C)(C)OC(=O)NN.CN=C1CCOC2(CCCC2)C1.Cl.N=N.N=NN=NCl.O=C1CCOC2(CCCC2)C1.c1csc(CCCCC2(n3cccn3)CCOC3(CCCC3)C2)c1. The Hall–Kier alpha value is -5.56. The summed E-state index contributed by atoms with van der Waals surface area (Å²) in [4.78, 5) is 40.1. The Morgan fingerprint density at radius 3 is 1.44 bits per heavy atom. The number of nitrogens with one attached hydrogen (secondary N) is 5. The number of nitrogens with zero attached hydrogens (tertiary/aromatic N) is 8. The van der Waals surface area contributed by atoms with Crippen LogP contribution < -0.4 is 22.5 Å². The second-order valence-electron chi connectivity index (χ2n) is 36.6. The minimum atomic E-state index is -0.609. The average molecular weight is 1690 g/mol. The van der Waals surface area contributed by atoms with Crippen molar-refractivity contribution in [3.05, 3.63) is 97.3 Å². The molecule has 9 N–H and O–H groups in total. The number of hydrogen-bond donors (Lipinski definition) is 7. The van der Waals surface area contributed by atoms with E-state index in [4.69, 9.17) is 66.2 Å². The first-order valence-electron chi connectivity index (χ1n) is 43.4. The first-order chi connectivity index (χ1) is 55.7. The first kappa shape index (κ1) is 100. The fourth-order valence-corrected chi connectivity index (χ4v) is 21.2. The second kappa shape index (κ2) is 48.3. The topological polar surface area (TPSA) is 358 Å². The van der Waals surface area contributed by atoms with Crippen LogP contribution >= 0.6 is 35.5 Å². The summed E-state index contributed by atoms with van der Waals surface area (Å²) in [5.74, 6) is 10.8. The predicted octanol–water partition coefficient (Wildman–Crippen LogP) is 21.2. The van der Waals surface area contributed by atoms with Crippen LogP contribution in [0, 0.1) is 22.0 Å². The minimum Gasteiger partial charge on any atom is -0.460 e. The van der Waals surface area contributed by atoms with Crippen molar-refractivity contribution in [1.29, 1.82) is 16.6 Å². The molecule has 3 aromatic rings. The van der Waals surface area contributed by atoms with E-state index in [9.17, 15) is 14.4 Å². The van der Waals surface area contributed by atoms with Crippen molar-refractivity contribution < 1.29 is 52.3 Å². The number of aryl methyl sites for hydroxylation is 1. The molecule has 4 atom stereocenters. The number of hydrazine groups is 2. The van der Waals surface area contributed by atoms with Gasteiger partial charge in [0.05, 0.1) is 75.1 Å². The first-order valence-corrected chi connectivity index (χ1v) is 44.6. The fraction of sp³-hybridized carbons (Fsp3) is 0.773. The number of thiophene rings is 1. The van der Waals surface area contributed by atoms with Crippen molar-refractivity contribution in [1.82, 2.24) is 30.4 Å². The molecule has 6 saturated carbocycles. The summed E-state index contributed by atoms with van der Waals surface area (Å²) in [6.45, 7) is 27.5. The van der Waals surface area contributed by atoms with Crippen LogP contribution in [-0.2, 0) is 65.0 Å². The molecule has 6 aliphatic heterocycles. The average Bonchev–Trinajstić information content (AvgIpc) is 1.72. The molecule has 15 rings (SSSR count). The van der Waals surface area contributed by atoms with Crippen molar-refractivity contribution in [3.63, 3.8) is 0 Å². The third-order valence-corrected chi connectivity index (χ3v) is 26.8. The lowest BCUT2D eigenvalue weighted by molar-refractivity contribution is -0.186. The Bertz CT molecular complexity index is 3450. The zero-order chi connectivity index (χ0) is 84.2. The van der Waals surface area contributed by atoms with E-state index in [2.05, 4.69) is 113 Å². The quantitative estimate of drug-likeness (QED) is 0.0133. The van der Waals surface area contributed by atoms with E-state index in [1.807, 2.05) is 81.3 Å². The lowest BCUT2D eigenvalue weighted by Crippen LogP contribution is -2.57. The molecule has 6 saturated heterocycles. The number of aliphatic imine (C=N–C) groups is 1. The van der Waals surface area contributed by atoms with Crippen molar-refractivity contribution in [2.24, 2.45) is 37.2 Å². The molecule has 6 aliphatic carbocycles. The van der Waals surface area contributed by atoms with Crippen LogP contribution in [-0.4, -0.2) is 140 Å². The van der Waals surface area contributed by atoms with Gasteiger partial charge >= 0.3 is 12.1 Å². The summed E-state index contributed by atoms with van der Waals surface area (Å²) in [6, 6.07) is 8.51. The maximum Gasteiger partial charge on any atom is 0.421 e. The van der Waals surface area contributed by atoms with E-state index in [1.165, 1.54) is 165 Å². The Balaban J connectivity index is 0.000000213. The predicted molar refractivity (Wildman–Crippen MR) is 464 cm³/mol. The van der Waals surface area contributed by atoms with Crippen LogP contribution in [0.4, 0.5) is 4.79 Å². The van der Waals surface area contributed by atoms with Gasteiger partial charge in [-0.3, -0.25) is 40.6 Å². The monoisotopic (exact) mass is 1690 g/mol. The standard InChI is InChI=1S/C20H28N2OS.C17H28O3.C15H22N2O.C12H22N2O.C10H17NO.C9H14O2.C5H12N2O2.ClHN4.ClH.H2N2/c1(7-18-8-5-16-24-18)2-9-19(22-14-6-13-21-22)12-15-23-20(17-19)10-3-4-11-20;1-5-8-16(14(18)20-15(2,3)4)11-12-19-17(13-16)9-6-7-10-17;1-2-6-14(17-11-5-10-16-17)9-12-18-15(13-14)7-3-4-8-15;1-2-5-11(14-13)8-9-15-12(10-11)6-3-4-7-12;1-11-9-4-7-12-10(8-9)5-2-3-6-10;10-8-3-6-11-9(7-8)4-1-2-5-9;1-5(2,3)9-4(8)7-6;1-3-5-4-2;;1-2/h5-6,8,13-14,16H,1-4,7,9-12,15,17H2;5H,1,6-13H2,2-4H3;2,5,10-11H,1,3-4,6-9,12-13H2;2,14H,1,3-10,13H2;2-8H2,1H3;1-7H2;6H2,1-3H3,(H,7,8);2H;1H;1-2H. The summed E-state index contributed by atoms with van der Waals surface area (Å²) < 4.78 is 53.5. The number of halogens is 2. The smallest absolute Gasteiger partial charge is 0.421 e. The van der Waals surface area contributed by atoms with Gasteiger partial charge in [0.2, 0.25) is 0 Å². The number of Topliss-reactive ketones (excluding diaryl/α,β-unsaturated/α-hetero) is 1. The molecule has 29 heteroatoms. The van der Waals surface area contributed by atoms with E-state index in [0.29, 0.717) is 38.3 Å². The Morgan fingerprint density at radius 2 is 1.03 bits per heavy atom. The van der Waals surface area contributed by atoms with Gasteiger partial charge in [-0.1, -0.05) is 112 Å². The number of aromatic nitrogens is 4. The van der Waals surface area contributed by atoms with Gasteiger partial charge in [-0.2, -0.15) is 15.7 Å². The molecule has 26 nitrogen and oxygen atoms in total. The van der Waals surface area contributed by atoms with E-state index < -0.39 is 22.7 Å². The Labute approximate surface area is 714 Å². The summed E-state index contributed by atoms with van der Waals surface area (Å²) >= 11 is 6.43. The highest BCUT2D eigenvalue weighted by Crippen LogP contribution is 2.53. The van der Waals surface area contributed by atoms with Crippen LogP contribution in [0.25, 0.3) is 0 Å². The Morgan fingerprint density at radius 1 is 0.581 bits per heavy atom. The number of rotatable bonds is 16. The number of ether oxygens (including phenoxy) is 8. The van der Waals surface area contributed by atoms with Gasteiger partial charge in [-0.15, -0.1) is 43.5 Å². The lowest BCUT2D eigenvalue weighted by Gasteiger charge is -2.47. The molecule has 660 valence electrons. The van der Waals surface area contributed by atoms with E-state index in [-0.39, 0.29) is 68.6 Å². The molecule has 3 aromatic heterocycles. The molecule has 117 heavy (non-hydrogen) atoms. The highest BCUT2D eigenvalue weighted by molar-refractivity contribution is 7.09. The van der Waals surface area contributed by atoms with E-state index in [1.54, 1.807) is 20.8 Å². The molecule has 12 fully saturated rings. The summed E-state index contributed by atoms with van der Waals surface area (Å²) in [5, 5.41) is 16.4. The highest BCUT2D eigenvalue weighted by atomic mass is 35.5. The van der Waals surface area contributed by atoms with Gasteiger partial charge in [0, 0.05) is 113 Å². The normalized spacial score (nSPS) is 26.8. The number of esters is 1. The number of nitrogens with two attached hydrogens (primary N) is 2. The van der Waals surface area contributed by atoms with E-state index >= 15 is 0 Å². The fourth-order valence-electron chi connectivity index (χ4n) is 20.5. The number of amides is 1. The Kier molecular flexibility index (Phi) is 41.4. The highest BCUT2D eigenvalue weighted by Gasteiger charge is 2.54. The van der Waals surface area contributed by atoms with Crippen molar-refractivity contribution in [2.45, 2.75) is 379 Å². The van der Waals surface area contributed by atoms with Crippen LogP contribution in [0.1, 0.15) is 316 Å². The molecule has 12 aliphatic rings. The number of ketones is 1. The number of carbonyl (C=O) groups is 3. The second-order valence-corrected chi connectivity index (χ2v) is 37.7. The van der Waals surface area contributed by atoms with Crippen molar-refractivity contribution >= 4 is 59.1 Å². The number of carbonyl (C=O) groups excluding carboxylic acids is 3. The number of hydrogen-bond acceptors (Lipinski definition) is 22. The zero-order valence-electron chi connectivity index (χ0n) is 72.1. The van der Waals surface area contributed by atoms with Gasteiger partial charge < -0.3 is 37.9 Å².